The zero-order valence-corrected chi connectivity index (χ0v) is 20.5. The van der Waals surface area contributed by atoms with Gasteiger partial charge in [-0.05, 0) is 31.2 Å². The molecule has 2 aromatic carbocycles. The number of nitrogens with one attached hydrogen (secondary N) is 1. The van der Waals surface area contributed by atoms with E-state index in [-0.39, 0.29) is 46.8 Å². The Balaban J connectivity index is 1.83. The third kappa shape index (κ3) is 4.82. The fourth-order valence-corrected chi connectivity index (χ4v) is 4.22. The molecule has 0 spiro atoms. The average Bonchev–Trinajstić information content (AvgIpc) is 3.29. The Morgan fingerprint density at radius 2 is 1.86 bits per heavy atom. The number of hydrogen-bond donors (Lipinski definition) is 2. The maximum absolute atomic E-state index is 13.1. The van der Waals surface area contributed by atoms with Crippen LogP contribution >= 0.6 is 23.2 Å². The van der Waals surface area contributed by atoms with Gasteiger partial charge in [-0.15, -0.1) is 0 Å². The number of anilines is 1. The third-order valence-electron chi connectivity index (χ3n) is 5.42. The van der Waals surface area contributed by atoms with Crippen LogP contribution in [0.3, 0.4) is 0 Å². The van der Waals surface area contributed by atoms with Crippen LogP contribution < -0.4 is 29.9 Å². The lowest BCUT2D eigenvalue weighted by molar-refractivity contribution is -0.116. The molecule has 1 aliphatic heterocycles. The standard InChI is InChI=1S/C24H21Cl2NO8/c1-11-6-17(28)20(24(30)35-11)13(9-19(29)27-12-4-5-15(25)16(26)7-12)14-8-18(31-2)22-23(21(14)32-3)34-10-33-22/h4-8,13,28H,9-10H2,1-3H3,(H,27,29)/t13-/m0/s1. The van der Waals surface area contributed by atoms with E-state index in [1.165, 1.54) is 33.3 Å². The third-order valence-corrected chi connectivity index (χ3v) is 6.16. The monoisotopic (exact) mass is 521 g/mol. The molecule has 1 atom stereocenters. The molecule has 1 aromatic heterocycles. The average molecular weight is 522 g/mol. The van der Waals surface area contributed by atoms with Crippen LogP contribution in [0.2, 0.25) is 10.0 Å². The summed E-state index contributed by atoms with van der Waals surface area (Å²) >= 11 is 12.0. The molecule has 0 radical (unpaired) electrons. The summed E-state index contributed by atoms with van der Waals surface area (Å²) in [5.41, 5.74) is -0.171. The first-order valence-electron chi connectivity index (χ1n) is 10.4. The van der Waals surface area contributed by atoms with Crippen molar-refractivity contribution in [2.45, 2.75) is 19.3 Å². The van der Waals surface area contributed by atoms with E-state index in [2.05, 4.69) is 5.32 Å². The SMILES string of the molecule is COc1cc([C@H](CC(=O)Nc2ccc(Cl)c(Cl)c2)c2c(O)cc(C)oc2=O)c(OC)c2c1OCO2. The molecule has 0 unspecified atom stereocenters. The number of methoxy groups -OCH3 is 2. The highest BCUT2D eigenvalue weighted by Gasteiger charge is 2.34. The summed E-state index contributed by atoms with van der Waals surface area (Å²) in [6.45, 7) is 1.47. The fraction of sp³-hybridized carbons (Fsp3) is 0.250. The highest BCUT2D eigenvalue weighted by molar-refractivity contribution is 6.42. The number of benzene rings is 2. The van der Waals surface area contributed by atoms with Gasteiger partial charge in [0, 0.05) is 29.7 Å². The van der Waals surface area contributed by atoms with Gasteiger partial charge >= 0.3 is 5.63 Å². The molecule has 11 heteroatoms. The minimum Gasteiger partial charge on any atom is -0.507 e. The molecule has 0 saturated carbocycles. The number of aryl methyl sites for hydroxylation is 1. The summed E-state index contributed by atoms with van der Waals surface area (Å²) in [6, 6.07) is 7.50. The Kier molecular flexibility index (Phi) is 7.00. The second-order valence-corrected chi connectivity index (χ2v) is 8.46. The van der Waals surface area contributed by atoms with E-state index in [0.717, 1.165) is 0 Å². The van der Waals surface area contributed by atoms with Crippen LogP contribution in [-0.2, 0) is 4.79 Å². The quantitative estimate of drug-likeness (QED) is 0.452. The lowest BCUT2D eigenvalue weighted by Gasteiger charge is -2.22. The van der Waals surface area contributed by atoms with Crippen LogP contribution in [0, 0.1) is 6.92 Å². The van der Waals surface area contributed by atoms with Gasteiger partial charge < -0.3 is 33.8 Å². The molecule has 2 heterocycles. The molecule has 1 aliphatic rings. The Hall–Kier alpha value is -3.56. The van der Waals surface area contributed by atoms with E-state index >= 15 is 0 Å². The van der Waals surface area contributed by atoms with E-state index in [0.29, 0.717) is 27.8 Å². The number of carbonyl (C=O) groups excluding carboxylic acids is 1. The van der Waals surface area contributed by atoms with E-state index < -0.39 is 17.5 Å². The number of aromatic hydroxyl groups is 1. The fourth-order valence-electron chi connectivity index (χ4n) is 3.92. The van der Waals surface area contributed by atoms with Crippen LogP contribution in [0.1, 0.15) is 29.2 Å². The van der Waals surface area contributed by atoms with Gasteiger partial charge in [0.25, 0.3) is 0 Å². The number of carbonyl (C=O) groups is 1. The molecular formula is C24H21Cl2NO8. The summed E-state index contributed by atoms with van der Waals surface area (Å²) in [5, 5.41) is 14.0. The lowest BCUT2D eigenvalue weighted by Crippen LogP contribution is -2.21. The lowest BCUT2D eigenvalue weighted by atomic mass is 9.87. The normalized spacial score (nSPS) is 12.8. The first-order chi connectivity index (χ1) is 16.7. The van der Waals surface area contributed by atoms with Crippen molar-refractivity contribution in [3.8, 4) is 28.7 Å². The Morgan fingerprint density at radius 3 is 2.51 bits per heavy atom. The van der Waals surface area contributed by atoms with Crippen LogP contribution in [0.15, 0.2) is 39.5 Å². The highest BCUT2D eigenvalue weighted by Crippen LogP contribution is 2.52. The van der Waals surface area contributed by atoms with Crippen molar-refractivity contribution in [1.29, 1.82) is 0 Å². The number of halogens is 2. The largest absolute Gasteiger partial charge is 0.507 e. The molecule has 9 nitrogen and oxygen atoms in total. The second kappa shape index (κ2) is 9.97. The van der Waals surface area contributed by atoms with Crippen molar-refractivity contribution in [2.24, 2.45) is 0 Å². The van der Waals surface area contributed by atoms with Crippen LogP contribution in [0.25, 0.3) is 0 Å². The molecular weight excluding hydrogens is 501 g/mol. The summed E-state index contributed by atoms with van der Waals surface area (Å²) < 4.78 is 27.3. The van der Waals surface area contributed by atoms with Gasteiger partial charge in [-0.3, -0.25) is 4.79 Å². The molecule has 35 heavy (non-hydrogen) atoms. The number of fused-ring (bicyclic) bond motifs is 1. The molecule has 2 N–H and O–H groups in total. The van der Waals surface area contributed by atoms with Crippen molar-refractivity contribution >= 4 is 34.8 Å². The summed E-state index contributed by atoms with van der Waals surface area (Å²) in [4.78, 5) is 26.0. The Labute approximate surface area is 210 Å². The number of hydrogen-bond acceptors (Lipinski definition) is 8. The van der Waals surface area contributed by atoms with Gasteiger partial charge in [-0.2, -0.15) is 0 Å². The van der Waals surface area contributed by atoms with E-state index in [1.807, 2.05) is 0 Å². The van der Waals surface area contributed by atoms with Crippen molar-refractivity contribution in [2.75, 3.05) is 26.3 Å². The molecule has 3 aromatic rings. The molecule has 184 valence electrons. The number of rotatable bonds is 7. The van der Waals surface area contributed by atoms with Crippen LogP contribution in [-0.4, -0.2) is 32.0 Å². The zero-order valence-electron chi connectivity index (χ0n) is 18.9. The molecule has 0 aliphatic carbocycles. The molecule has 0 saturated heterocycles. The van der Waals surface area contributed by atoms with Gasteiger partial charge in [-0.1, -0.05) is 23.2 Å². The number of amides is 1. The van der Waals surface area contributed by atoms with Crippen LogP contribution in [0.4, 0.5) is 5.69 Å². The highest BCUT2D eigenvalue weighted by atomic mass is 35.5. The van der Waals surface area contributed by atoms with Crippen molar-refractivity contribution in [3.63, 3.8) is 0 Å². The van der Waals surface area contributed by atoms with Gasteiger partial charge in [0.15, 0.2) is 11.5 Å². The zero-order chi connectivity index (χ0) is 25.3. The predicted molar refractivity (Wildman–Crippen MR) is 129 cm³/mol. The molecule has 4 rings (SSSR count). The summed E-state index contributed by atoms with van der Waals surface area (Å²) in [7, 11) is 2.86. The predicted octanol–water partition coefficient (Wildman–Crippen LogP) is 4.87. The molecule has 0 fully saturated rings. The van der Waals surface area contributed by atoms with Gasteiger partial charge in [0.05, 0.1) is 29.8 Å². The minimum atomic E-state index is -1.01. The van der Waals surface area contributed by atoms with Gasteiger partial charge in [0.2, 0.25) is 24.2 Å². The number of ether oxygens (including phenoxy) is 4. The molecule has 0 bridgehead atoms. The Morgan fingerprint density at radius 1 is 1.11 bits per heavy atom. The summed E-state index contributed by atoms with van der Waals surface area (Å²) in [5.74, 6) is -0.487. The van der Waals surface area contributed by atoms with E-state index in [4.69, 9.17) is 46.6 Å². The topological polar surface area (TPSA) is 116 Å². The van der Waals surface area contributed by atoms with Gasteiger partial charge in [-0.25, -0.2) is 4.79 Å². The molecule has 1 amide bonds. The van der Waals surface area contributed by atoms with E-state index in [1.54, 1.807) is 18.2 Å². The van der Waals surface area contributed by atoms with Crippen molar-refractivity contribution < 1.29 is 33.3 Å². The van der Waals surface area contributed by atoms with Crippen LogP contribution in [0.5, 0.6) is 28.7 Å². The second-order valence-electron chi connectivity index (χ2n) is 7.64. The first-order valence-corrected chi connectivity index (χ1v) is 11.1. The Bertz CT molecular complexity index is 1350. The smallest absolute Gasteiger partial charge is 0.343 e. The first kappa shape index (κ1) is 24.6. The van der Waals surface area contributed by atoms with E-state index in [9.17, 15) is 14.7 Å². The van der Waals surface area contributed by atoms with Crippen molar-refractivity contribution in [3.05, 3.63) is 67.7 Å². The minimum absolute atomic E-state index is 0.0636. The van der Waals surface area contributed by atoms with Gasteiger partial charge in [0.1, 0.15) is 11.5 Å². The summed E-state index contributed by atoms with van der Waals surface area (Å²) in [6.07, 6.45) is -0.277. The maximum atomic E-state index is 13.1. The van der Waals surface area contributed by atoms with Crippen molar-refractivity contribution in [1.82, 2.24) is 0 Å². The maximum Gasteiger partial charge on any atom is 0.343 e.